The lowest BCUT2D eigenvalue weighted by molar-refractivity contribution is -0.130. The van der Waals surface area contributed by atoms with Crippen LogP contribution in [0.25, 0.3) is 0 Å². The van der Waals surface area contributed by atoms with Gasteiger partial charge in [0.25, 0.3) is 0 Å². The van der Waals surface area contributed by atoms with Crippen molar-refractivity contribution >= 4 is 17.6 Å². The first kappa shape index (κ1) is 21.7. The second-order valence-corrected chi connectivity index (χ2v) is 6.80. The van der Waals surface area contributed by atoms with Gasteiger partial charge in [-0.05, 0) is 24.6 Å². The SMILES string of the molecule is CC(NC(=O)C(C(N)=O)c1cc(F)c(Oc2ccnc(N)c2)cc1F)c1ccccc1. The second kappa shape index (κ2) is 9.21. The predicted octanol–water partition coefficient (Wildman–Crippen LogP) is 3.18. The molecule has 0 saturated carbocycles. The van der Waals surface area contributed by atoms with Crippen molar-refractivity contribution < 1.29 is 23.1 Å². The molecule has 3 aromatic rings. The molecule has 2 aromatic carbocycles. The summed E-state index contributed by atoms with van der Waals surface area (Å²) >= 11 is 0. The van der Waals surface area contributed by atoms with Gasteiger partial charge in [-0.1, -0.05) is 30.3 Å². The second-order valence-electron chi connectivity index (χ2n) is 6.80. The van der Waals surface area contributed by atoms with Crippen LogP contribution in [0.1, 0.15) is 30.0 Å². The van der Waals surface area contributed by atoms with Crippen molar-refractivity contribution in [2.45, 2.75) is 18.9 Å². The van der Waals surface area contributed by atoms with Crippen molar-refractivity contribution in [1.82, 2.24) is 10.3 Å². The molecule has 0 bridgehead atoms. The lowest BCUT2D eigenvalue weighted by Gasteiger charge is -2.20. The molecule has 2 unspecified atom stereocenters. The van der Waals surface area contributed by atoms with Crippen LogP contribution in [0.5, 0.6) is 11.5 Å². The summed E-state index contributed by atoms with van der Waals surface area (Å²) in [6.45, 7) is 1.69. The zero-order chi connectivity index (χ0) is 22.5. The minimum atomic E-state index is -1.73. The van der Waals surface area contributed by atoms with Crippen LogP contribution >= 0.6 is 0 Å². The molecule has 3 rings (SSSR count). The number of amides is 2. The van der Waals surface area contributed by atoms with Crippen molar-refractivity contribution in [1.29, 1.82) is 0 Å². The number of halogens is 2. The summed E-state index contributed by atoms with van der Waals surface area (Å²) in [5.74, 6) is -5.89. The molecule has 5 N–H and O–H groups in total. The lowest BCUT2D eigenvalue weighted by Crippen LogP contribution is -2.38. The van der Waals surface area contributed by atoms with Crippen molar-refractivity contribution in [2.24, 2.45) is 5.73 Å². The van der Waals surface area contributed by atoms with Crippen LogP contribution < -0.4 is 21.5 Å². The number of nitrogens with zero attached hydrogens (tertiary/aromatic N) is 1. The van der Waals surface area contributed by atoms with Crippen LogP contribution in [-0.2, 0) is 9.59 Å². The molecule has 2 atom stereocenters. The Balaban J connectivity index is 1.86. The Morgan fingerprint density at radius 2 is 1.77 bits per heavy atom. The maximum Gasteiger partial charge on any atom is 0.237 e. The number of benzene rings is 2. The van der Waals surface area contributed by atoms with E-state index in [-0.39, 0.29) is 11.6 Å². The first-order valence-electron chi connectivity index (χ1n) is 9.29. The molecule has 0 spiro atoms. The molecule has 160 valence electrons. The predicted molar refractivity (Wildman–Crippen MR) is 110 cm³/mol. The Morgan fingerprint density at radius 1 is 1.06 bits per heavy atom. The number of carbonyl (C=O) groups is 2. The molecule has 1 aromatic heterocycles. The van der Waals surface area contributed by atoms with E-state index < -0.39 is 46.7 Å². The van der Waals surface area contributed by atoms with Crippen molar-refractivity contribution in [2.75, 3.05) is 5.73 Å². The Kier molecular flexibility index (Phi) is 6.44. The van der Waals surface area contributed by atoms with Gasteiger partial charge < -0.3 is 21.5 Å². The summed E-state index contributed by atoms with van der Waals surface area (Å²) < 4.78 is 34.7. The number of pyridine rings is 1. The van der Waals surface area contributed by atoms with Gasteiger partial charge in [-0.2, -0.15) is 0 Å². The van der Waals surface area contributed by atoms with E-state index in [1.165, 1.54) is 18.3 Å². The summed E-state index contributed by atoms with van der Waals surface area (Å²) in [4.78, 5) is 28.4. The molecular weight excluding hydrogens is 406 g/mol. The number of hydrogen-bond donors (Lipinski definition) is 3. The van der Waals surface area contributed by atoms with E-state index in [9.17, 15) is 18.4 Å². The van der Waals surface area contributed by atoms with Gasteiger partial charge in [0.05, 0.1) is 6.04 Å². The van der Waals surface area contributed by atoms with E-state index in [0.29, 0.717) is 0 Å². The number of nitrogens with two attached hydrogens (primary N) is 2. The van der Waals surface area contributed by atoms with Crippen LogP contribution in [0.3, 0.4) is 0 Å². The fraction of sp³-hybridized carbons (Fsp3) is 0.136. The highest BCUT2D eigenvalue weighted by Crippen LogP contribution is 2.31. The standard InChI is InChI=1S/C22H20F2N4O3/c1-12(13-5-3-2-4-6-13)28-22(30)20(21(26)29)15-10-17(24)18(11-16(15)23)31-14-7-8-27-19(25)9-14/h2-12,20H,1H3,(H2,25,27)(H2,26,29)(H,28,30). The van der Waals surface area contributed by atoms with E-state index >= 15 is 0 Å². The van der Waals surface area contributed by atoms with Crippen LogP contribution in [0.4, 0.5) is 14.6 Å². The van der Waals surface area contributed by atoms with Gasteiger partial charge in [-0.3, -0.25) is 9.59 Å². The van der Waals surface area contributed by atoms with Gasteiger partial charge in [-0.25, -0.2) is 13.8 Å². The maximum absolute atomic E-state index is 14.8. The van der Waals surface area contributed by atoms with Crippen molar-refractivity contribution in [3.63, 3.8) is 0 Å². The monoisotopic (exact) mass is 426 g/mol. The smallest absolute Gasteiger partial charge is 0.237 e. The van der Waals surface area contributed by atoms with Crippen LogP contribution in [0, 0.1) is 11.6 Å². The van der Waals surface area contributed by atoms with E-state index in [0.717, 1.165) is 17.7 Å². The third-order valence-corrected chi connectivity index (χ3v) is 4.55. The molecule has 7 nitrogen and oxygen atoms in total. The molecule has 31 heavy (non-hydrogen) atoms. The fourth-order valence-electron chi connectivity index (χ4n) is 3.01. The van der Waals surface area contributed by atoms with Gasteiger partial charge in [0, 0.05) is 23.9 Å². The third-order valence-electron chi connectivity index (χ3n) is 4.55. The molecule has 0 aliphatic rings. The molecule has 0 fully saturated rings. The Hall–Kier alpha value is -4.01. The van der Waals surface area contributed by atoms with Gasteiger partial charge in [-0.15, -0.1) is 0 Å². The van der Waals surface area contributed by atoms with Crippen LogP contribution in [0.2, 0.25) is 0 Å². The highest BCUT2D eigenvalue weighted by atomic mass is 19.1. The molecule has 0 saturated heterocycles. The van der Waals surface area contributed by atoms with Crippen molar-refractivity contribution in [3.8, 4) is 11.5 Å². The van der Waals surface area contributed by atoms with E-state index in [1.807, 2.05) is 6.07 Å². The van der Waals surface area contributed by atoms with Gasteiger partial charge in [0.2, 0.25) is 11.8 Å². The zero-order valence-electron chi connectivity index (χ0n) is 16.5. The average Bonchev–Trinajstić information content (AvgIpc) is 2.72. The lowest BCUT2D eigenvalue weighted by atomic mass is 9.95. The highest BCUT2D eigenvalue weighted by molar-refractivity contribution is 6.05. The summed E-state index contributed by atoms with van der Waals surface area (Å²) in [7, 11) is 0. The number of primary amides is 1. The van der Waals surface area contributed by atoms with E-state index in [1.54, 1.807) is 31.2 Å². The number of rotatable bonds is 7. The molecule has 9 heteroatoms. The maximum atomic E-state index is 14.8. The molecule has 0 aliphatic carbocycles. The van der Waals surface area contributed by atoms with Gasteiger partial charge >= 0.3 is 0 Å². The minimum Gasteiger partial charge on any atom is -0.454 e. The molecule has 0 radical (unpaired) electrons. The number of nitrogen functional groups attached to an aromatic ring is 1. The number of carbonyl (C=O) groups excluding carboxylic acids is 2. The molecule has 2 amide bonds. The number of aromatic nitrogens is 1. The third kappa shape index (κ3) is 5.13. The molecule has 1 heterocycles. The first-order chi connectivity index (χ1) is 14.8. The number of nitrogens with one attached hydrogen (secondary N) is 1. The van der Waals surface area contributed by atoms with E-state index in [2.05, 4.69) is 10.3 Å². The summed E-state index contributed by atoms with van der Waals surface area (Å²) in [6.07, 6.45) is 1.34. The summed E-state index contributed by atoms with van der Waals surface area (Å²) in [5.41, 5.74) is 11.2. The largest absolute Gasteiger partial charge is 0.454 e. The minimum absolute atomic E-state index is 0.132. The number of hydrogen-bond acceptors (Lipinski definition) is 5. The zero-order valence-corrected chi connectivity index (χ0v) is 16.5. The van der Waals surface area contributed by atoms with Gasteiger partial charge in [0.1, 0.15) is 23.3 Å². The quantitative estimate of drug-likeness (QED) is 0.501. The van der Waals surface area contributed by atoms with Crippen LogP contribution in [-0.4, -0.2) is 16.8 Å². The topological polar surface area (TPSA) is 120 Å². The Bertz CT molecular complexity index is 1110. The normalized spacial score (nSPS) is 12.6. The highest BCUT2D eigenvalue weighted by Gasteiger charge is 2.31. The average molecular weight is 426 g/mol. The van der Waals surface area contributed by atoms with E-state index in [4.69, 9.17) is 16.2 Å². The molecular formula is C22H20F2N4O3. The summed E-state index contributed by atoms with van der Waals surface area (Å²) in [5, 5.41) is 2.60. The first-order valence-corrected chi connectivity index (χ1v) is 9.29. The van der Waals surface area contributed by atoms with Gasteiger partial charge in [0.15, 0.2) is 11.6 Å². The Labute approximate surface area is 177 Å². The number of anilines is 1. The fourth-order valence-corrected chi connectivity index (χ4v) is 3.01. The molecule has 0 aliphatic heterocycles. The van der Waals surface area contributed by atoms with Crippen LogP contribution in [0.15, 0.2) is 60.8 Å². The number of ether oxygens (including phenoxy) is 1. The summed E-state index contributed by atoms with van der Waals surface area (Å²) in [6, 6.07) is 12.7. The van der Waals surface area contributed by atoms with Crippen molar-refractivity contribution in [3.05, 3.63) is 83.6 Å². The Morgan fingerprint density at radius 3 is 2.42 bits per heavy atom.